The molecule has 0 saturated heterocycles. The summed E-state index contributed by atoms with van der Waals surface area (Å²) in [4.78, 5) is 5.81. The highest BCUT2D eigenvalue weighted by Crippen LogP contribution is 2.20. The minimum absolute atomic E-state index is 0.287. The molecule has 0 saturated carbocycles. The molecule has 1 aromatic rings. The minimum atomic E-state index is -0.846. The Hall–Kier alpha value is -1.33. The van der Waals surface area contributed by atoms with E-state index in [0.717, 1.165) is 5.56 Å². The number of hydrogen-bond acceptors (Lipinski definition) is 4. The largest absolute Gasteiger partial charge is 0.481 e. The van der Waals surface area contributed by atoms with Crippen LogP contribution in [-0.4, -0.2) is 29.2 Å². The highest BCUT2D eigenvalue weighted by atomic mass is 79.9. The number of aliphatic imine (C=N–C) groups is 1. The first kappa shape index (κ1) is 12.1. The van der Waals surface area contributed by atoms with Crippen LogP contribution < -0.4 is 0 Å². The number of rotatable bonds is 2. The Labute approximate surface area is 108 Å². The molecule has 5 heteroatoms. The van der Waals surface area contributed by atoms with Gasteiger partial charge in [-0.05, 0) is 21.5 Å². The van der Waals surface area contributed by atoms with Gasteiger partial charge in [0.05, 0.1) is 7.11 Å². The van der Waals surface area contributed by atoms with Gasteiger partial charge in [0.2, 0.25) is 12.1 Å². The van der Waals surface area contributed by atoms with Crippen LogP contribution in [0.5, 0.6) is 0 Å². The van der Waals surface area contributed by atoms with E-state index in [1.165, 1.54) is 7.11 Å². The lowest BCUT2D eigenvalue weighted by atomic mass is 10.2. The highest BCUT2D eigenvalue weighted by molar-refractivity contribution is 9.11. The molecule has 1 N–H and O–H groups in total. The third kappa shape index (κ3) is 2.87. The molecule has 0 aliphatic carbocycles. The van der Waals surface area contributed by atoms with Crippen molar-refractivity contribution in [2.75, 3.05) is 7.11 Å². The summed E-state index contributed by atoms with van der Waals surface area (Å²) in [7, 11) is 1.49. The fraction of sp³-hybridized carbons (Fsp3) is 0.250. The van der Waals surface area contributed by atoms with E-state index >= 15 is 0 Å². The predicted molar refractivity (Wildman–Crippen MR) is 69.4 cm³/mol. The summed E-state index contributed by atoms with van der Waals surface area (Å²) < 4.78 is 5.66. The molecule has 0 aromatic heterocycles. The van der Waals surface area contributed by atoms with E-state index in [0.29, 0.717) is 11.2 Å². The molecule has 1 unspecified atom stereocenters. The van der Waals surface area contributed by atoms with E-state index < -0.39 is 6.23 Å². The van der Waals surface area contributed by atoms with Crippen molar-refractivity contribution in [3.05, 3.63) is 46.7 Å². The van der Waals surface area contributed by atoms with Gasteiger partial charge in [0.1, 0.15) is 4.61 Å². The summed E-state index contributed by atoms with van der Waals surface area (Å²) in [5.41, 5.74) is 1.11. The van der Waals surface area contributed by atoms with E-state index in [1.54, 1.807) is 11.1 Å². The molecular formula is C12H13BrN2O2. The van der Waals surface area contributed by atoms with Crippen LogP contribution in [0.3, 0.4) is 0 Å². The monoisotopic (exact) mass is 296 g/mol. The van der Waals surface area contributed by atoms with Gasteiger partial charge in [-0.25, -0.2) is 4.99 Å². The Morgan fingerprint density at radius 2 is 2.12 bits per heavy atom. The predicted octanol–water partition coefficient (Wildman–Crippen LogP) is 2.06. The van der Waals surface area contributed by atoms with Crippen LogP contribution in [0.15, 0.2) is 46.1 Å². The third-order valence-corrected chi connectivity index (χ3v) is 2.82. The number of halogens is 1. The SMILES string of the molecule is COC1=NC(Br)=CN(Cc2ccccc2)C1O. The number of methoxy groups -OCH3 is 1. The second-order valence-corrected chi connectivity index (χ2v) is 4.45. The van der Waals surface area contributed by atoms with E-state index in [2.05, 4.69) is 20.9 Å². The van der Waals surface area contributed by atoms with Crippen LogP contribution in [0, 0.1) is 0 Å². The number of ether oxygens (including phenoxy) is 1. The molecule has 0 bridgehead atoms. The van der Waals surface area contributed by atoms with Crippen molar-refractivity contribution in [2.24, 2.45) is 4.99 Å². The van der Waals surface area contributed by atoms with Crippen LogP contribution in [0.2, 0.25) is 0 Å². The average molecular weight is 297 g/mol. The Balaban J connectivity index is 2.15. The lowest BCUT2D eigenvalue weighted by Gasteiger charge is -2.29. The van der Waals surface area contributed by atoms with Crippen LogP contribution >= 0.6 is 15.9 Å². The van der Waals surface area contributed by atoms with Crippen molar-refractivity contribution >= 4 is 21.8 Å². The normalized spacial score (nSPS) is 19.7. The highest BCUT2D eigenvalue weighted by Gasteiger charge is 2.24. The molecule has 1 heterocycles. The smallest absolute Gasteiger partial charge is 0.240 e. The first-order valence-corrected chi connectivity index (χ1v) is 5.97. The lowest BCUT2D eigenvalue weighted by Crippen LogP contribution is -2.40. The zero-order valence-electron chi connectivity index (χ0n) is 9.38. The Bertz CT molecular complexity index is 445. The number of aliphatic hydroxyl groups excluding tert-OH is 1. The summed E-state index contributed by atoms with van der Waals surface area (Å²) in [5.74, 6) is 0.287. The summed E-state index contributed by atoms with van der Waals surface area (Å²) in [6.07, 6.45) is 0.904. The molecule has 17 heavy (non-hydrogen) atoms. The van der Waals surface area contributed by atoms with Crippen molar-refractivity contribution in [3.63, 3.8) is 0 Å². The maximum Gasteiger partial charge on any atom is 0.240 e. The second kappa shape index (κ2) is 5.33. The molecule has 4 nitrogen and oxygen atoms in total. The van der Waals surface area contributed by atoms with Gasteiger partial charge in [0.15, 0.2) is 0 Å². The minimum Gasteiger partial charge on any atom is -0.481 e. The zero-order chi connectivity index (χ0) is 12.3. The van der Waals surface area contributed by atoms with Gasteiger partial charge in [0.25, 0.3) is 0 Å². The van der Waals surface area contributed by atoms with E-state index in [4.69, 9.17) is 4.74 Å². The molecule has 2 rings (SSSR count). The van der Waals surface area contributed by atoms with Crippen molar-refractivity contribution in [1.82, 2.24) is 4.90 Å². The topological polar surface area (TPSA) is 45.1 Å². The molecule has 1 aliphatic heterocycles. The lowest BCUT2D eigenvalue weighted by molar-refractivity contribution is 0.0673. The Morgan fingerprint density at radius 3 is 2.76 bits per heavy atom. The number of nitrogens with zero attached hydrogens (tertiary/aromatic N) is 2. The third-order valence-electron chi connectivity index (χ3n) is 2.44. The van der Waals surface area contributed by atoms with Crippen LogP contribution in [0.4, 0.5) is 0 Å². The standard InChI is InChI=1S/C12H13BrN2O2/c1-17-11-12(16)15(8-10(13)14-11)7-9-5-3-2-4-6-9/h2-6,8,12,16H,7H2,1H3. The fourth-order valence-electron chi connectivity index (χ4n) is 1.62. The summed E-state index contributed by atoms with van der Waals surface area (Å²) >= 11 is 3.29. The Kier molecular flexibility index (Phi) is 3.81. The zero-order valence-corrected chi connectivity index (χ0v) is 11.0. The molecule has 1 aromatic carbocycles. The van der Waals surface area contributed by atoms with E-state index in [9.17, 15) is 5.11 Å². The van der Waals surface area contributed by atoms with Gasteiger partial charge in [-0.1, -0.05) is 30.3 Å². The van der Waals surface area contributed by atoms with Crippen molar-refractivity contribution in [3.8, 4) is 0 Å². The molecular weight excluding hydrogens is 284 g/mol. The van der Waals surface area contributed by atoms with Gasteiger partial charge in [-0.3, -0.25) is 0 Å². The molecule has 0 spiro atoms. The van der Waals surface area contributed by atoms with Gasteiger partial charge in [-0.2, -0.15) is 0 Å². The van der Waals surface area contributed by atoms with Gasteiger partial charge in [-0.15, -0.1) is 0 Å². The summed E-state index contributed by atoms with van der Waals surface area (Å²) in [5, 5.41) is 10.0. The Morgan fingerprint density at radius 1 is 1.41 bits per heavy atom. The van der Waals surface area contributed by atoms with Crippen LogP contribution in [0.25, 0.3) is 0 Å². The quantitative estimate of drug-likeness (QED) is 0.850. The molecule has 1 aliphatic rings. The average Bonchev–Trinajstić information content (AvgIpc) is 2.34. The van der Waals surface area contributed by atoms with Gasteiger partial charge >= 0.3 is 0 Å². The number of benzene rings is 1. The second-order valence-electron chi connectivity index (χ2n) is 3.64. The molecule has 0 amide bonds. The van der Waals surface area contributed by atoms with Gasteiger partial charge in [0, 0.05) is 12.7 Å². The van der Waals surface area contributed by atoms with E-state index in [-0.39, 0.29) is 5.90 Å². The summed E-state index contributed by atoms with van der Waals surface area (Å²) in [6.45, 7) is 0.597. The first-order chi connectivity index (χ1) is 8.20. The van der Waals surface area contributed by atoms with Crippen molar-refractivity contribution in [1.29, 1.82) is 0 Å². The molecule has 90 valence electrons. The van der Waals surface area contributed by atoms with Crippen LogP contribution in [-0.2, 0) is 11.3 Å². The maximum atomic E-state index is 10.0. The van der Waals surface area contributed by atoms with Crippen LogP contribution in [0.1, 0.15) is 5.56 Å². The number of hydrogen-bond donors (Lipinski definition) is 1. The fourth-order valence-corrected chi connectivity index (χ4v) is 2.06. The van der Waals surface area contributed by atoms with Gasteiger partial charge < -0.3 is 14.7 Å². The molecule has 0 radical (unpaired) electrons. The van der Waals surface area contributed by atoms with Crippen molar-refractivity contribution < 1.29 is 9.84 Å². The first-order valence-electron chi connectivity index (χ1n) is 5.18. The number of aliphatic hydroxyl groups is 1. The molecule has 1 atom stereocenters. The van der Waals surface area contributed by atoms with Crippen molar-refractivity contribution in [2.45, 2.75) is 12.8 Å². The summed E-state index contributed by atoms with van der Waals surface area (Å²) in [6, 6.07) is 9.91. The molecule has 0 fully saturated rings. The van der Waals surface area contributed by atoms with E-state index in [1.807, 2.05) is 30.3 Å². The maximum absolute atomic E-state index is 10.0.